The minimum absolute atomic E-state index is 0.0176. The summed E-state index contributed by atoms with van der Waals surface area (Å²) in [6.07, 6.45) is 1.25. The lowest BCUT2D eigenvalue weighted by molar-refractivity contribution is 0.0697. The first-order valence-electron chi connectivity index (χ1n) is 5.80. The molecule has 112 valence electrons. The molecule has 1 aromatic heterocycles. The Labute approximate surface area is 126 Å². The maximum Gasteiger partial charge on any atom is 0.335 e. The Hall–Kier alpha value is -1.90. The molecule has 0 atom stereocenters. The number of sulfonamides is 1. The number of aromatic carboxylic acids is 1. The van der Waals surface area contributed by atoms with E-state index in [2.05, 4.69) is 9.82 Å². The Kier molecular flexibility index (Phi) is 4.31. The fourth-order valence-corrected chi connectivity index (χ4v) is 3.38. The maximum atomic E-state index is 12.1. The Morgan fingerprint density at radius 2 is 2.00 bits per heavy atom. The van der Waals surface area contributed by atoms with Crippen molar-refractivity contribution in [2.24, 2.45) is 7.05 Å². The number of hydrogen-bond acceptors (Lipinski definition) is 4. The molecule has 2 N–H and O–H groups in total. The van der Waals surface area contributed by atoms with Crippen molar-refractivity contribution in [2.75, 3.05) is 0 Å². The summed E-state index contributed by atoms with van der Waals surface area (Å²) in [5.41, 5.74) is 0.762. The molecule has 0 unspecified atom stereocenters. The summed E-state index contributed by atoms with van der Waals surface area (Å²) in [5.74, 6) is -1.04. The minimum Gasteiger partial charge on any atom is -0.478 e. The summed E-state index contributed by atoms with van der Waals surface area (Å²) in [6, 6.07) is 5.89. The van der Waals surface area contributed by atoms with Crippen LogP contribution in [0.5, 0.6) is 0 Å². The molecule has 0 amide bonds. The van der Waals surface area contributed by atoms with Crippen molar-refractivity contribution in [3.05, 3.63) is 46.6 Å². The number of nitrogens with zero attached hydrogens (tertiary/aromatic N) is 2. The van der Waals surface area contributed by atoms with Gasteiger partial charge in [0.2, 0.25) is 0 Å². The van der Waals surface area contributed by atoms with Crippen molar-refractivity contribution in [3.8, 4) is 0 Å². The summed E-state index contributed by atoms with van der Waals surface area (Å²) < 4.78 is 27.8. The van der Waals surface area contributed by atoms with Gasteiger partial charge in [-0.2, -0.15) is 5.10 Å². The molecule has 9 heteroatoms. The van der Waals surface area contributed by atoms with Gasteiger partial charge in [0.15, 0.2) is 5.03 Å². The van der Waals surface area contributed by atoms with Crippen LogP contribution in [0.4, 0.5) is 0 Å². The largest absolute Gasteiger partial charge is 0.478 e. The van der Waals surface area contributed by atoms with Gasteiger partial charge >= 0.3 is 5.97 Å². The Balaban J connectivity index is 2.14. The molecule has 2 rings (SSSR count). The molecule has 0 bridgehead atoms. The molecule has 0 aliphatic heterocycles. The fraction of sp³-hybridized carbons (Fsp3) is 0.167. The Morgan fingerprint density at radius 1 is 1.38 bits per heavy atom. The molecule has 1 heterocycles. The van der Waals surface area contributed by atoms with Crippen molar-refractivity contribution < 1.29 is 18.3 Å². The summed E-state index contributed by atoms with van der Waals surface area (Å²) in [6.45, 7) is 0.0176. The summed E-state index contributed by atoms with van der Waals surface area (Å²) in [4.78, 5) is 10.7. The van der Waals surface area contributed by atoms with E-state index in [1.807, 2.05) is 0 Å². The number of carboxylic acid groups (broad SMARTS) is 1. The predicted molar refractivity (Wildman–Crippen MR) is 75.6 cm³/mol. The highest BCUT2D eigenvalue weighted by Gasteiger charge is 2.22. The zero-order valence-corrected chi connectivity index (χ0v) is 12.5. The van der Waals surface area contributed by atoms with Crippen LogP contribution in [0.3, 0.4) is 0 Å². The lowest BCUT2D eigenvalue weighted by Crippen LogP contribution is -2.25. The highest BCUT2D eigenvalue weighted by molar-refractivity contribution is 7.89. The highest BCUT2D eigenvalue weighted by atomic mass is 35.5. The SMILES string of the molecule is Cn1ncc(Cl)c1S(=O)(=O)NCc1ccc(C(=O)O)cc1. The Bertz CT molecular complexity index is 749. The van der Waals surface area contributed by atoms with E-state index in [4.69, 9.17) is 16.7 Å². The third-order valence-electron chi connectivity index (χ3n) is 2.76. The van der Waals surface area contributed by atoms with Gasteiger partial charge in [-0.05, 0) is 17.7 Å². The normalized spacial score (nSPS) is 11.5. The number of carboxylic acids is 1. The van der Waals surface area contributed by atoms with Gasteiger partial charge in [-0.3, -0.25) is 4.68 Å². The van der Waals surface area contributed by atoms with Crippen LogP contribution in [0.25, 0.3) is 0 Å². The second kappa shape index (κ2) is 5.84. The predicted octanol–water partition coefficient (Wildman–Crippen LogP) is 1.25. The number of aromatic nitrogens is 2. The zero-order valence-electron chi connectivity index (χ0n) is 10.9. The van der Waals surface area contributed by atoms with Crippen molar-refractivity contribution >= 4 is 27.6 Å². The standard InChI is InChI=1S/C12H12ClN3O4S/c1-16-11(10(13)7-14-16)21(19,20)15-6-8-2-4-9(5-3-8)12(17)18/h2-5,7,15H,6H2,1H3,(H,17,18). The van der Waals surface area contributed by atoms with Gasteiger partial charge in [0.25, 0.3) is 10.0 Å². The molecule has 1 aromatic carbocycles. The summed E-state index contributed by atoms with van der Waals surface area (Å²) in [7, 11) is -2.33. The molecule has 0 radical (unpaired) electrons. The van der Waals surface area contributed by atoms with Gasteiger partial charge in [-0.1, -0.05) is 23.7 Å². The third kappa shape index (κ3) is 3.41. The number of halogens is 1. The van der Waals surface area contributed by atoms with E-state index in [-0.39, 0.29) is 22.2 Å². The van der Waals surface area contributed by atoms with Crippen LogP contribution in [0.2, 0.25) is 5.02 Å². The van der Waals surface area contributed by atoms with Gasteiger partial charge in [-0.15, -0.1) is 0 Å². The van der Waals surface area contributed by atoms with Gasteiger partial charge in [0, 0.05) is 13.6 Å². The Morgan fingerprint density at radius 3 is 2.48 bits per heavy atom. The number of rotatable bonds is 5. The second-order valence-electron chi connectivity index (χ2n) is 4.25. The van der Waals surface area contributed by atoms with E-state index in [0.29, 0.717) is 5.56 Å². The molecule has 0 aliphatic rings. The zero-order chi connectivity index (χ0) is 15.6. The van der Waals surface area contributed by atoms with E-state index in [1.54, 1.807) is 0 Å². The molecule has 7 nitrogen and oxygen atoms in total. The number of hydrogen-bond donors (Lipinski definition) is 2. The van der Waals surface area contributed by atoms with Crippen LogP contribution < -0.4 is 4.72 Å². The smallest absolute Gasteiger partial charge is 0.335 e. The summed E-state index contributed by atoms with van der Waals surface area (Å²) in [5, 5.41) is 12.5. The van der Waals surface area contributed by atoms with Crippen LogP contribution >= 0.6 is 11.6 Å². The number of nitrogens with one attached hydrogen (secondary N) is 1. The first kappa shape index (κ1) is 15.5. The van der Waals surface area contributed by atoms with Crippen molar-refractivity contribution in [1.82, 2.24) is 14.5 Å². The van der Waals surface area contributed by atoms with Gasteiger partial charge in [0.1, 0.15) is 0 Å². The van der Waals surface area contributed by atoms with E-state index in [9.17, 15) is 13.2 Å². The van der Waals surface area contributed by atoms with Crippen LogP contribution in [-0.4, -0.2) is 29.3 Å². The lowest BCUT2D eigenvalue weighted by atomic mass is 10.1. The van der Waals surface area contributed by atoms with Crippen LogP contribution in [0, 0.1) is 0 Å². The molecular weight excluding hydrogens is 318 g/mol. The highest BCUT2D eigenvalue weighted by Crippen LogP contribution is 2.19. The van der Waals surface area contributed by atoms with Crippen LogP contribution in [0.1, 0.15) is 15.9 Å². The monoisotopic (exact) mass is 329 g/mol. The van der Waals surface area contributed by atoms with Gasteiger partial charge in [0.05, 0.1) is 16.8 Å². The molecule has 0 spiro atoms. The molecule has 2 aromatic rings. The van der Waals surface area contributed by atoms with E-state index < -0.39 is 16.0 Å². The maximum absolute atomic E-state index is 12.1. The molecule has 0 saturated heterocycles. The second-order valence-corrected chi connectivity index (χ2v) is 6.34. The van der Waals surface area contributed by atoms with Crippen molar-refractivity contribution in [1.29, 1.82) is 0 Å². The first-order valence-corrected chi connectivity index (χ1v) is 7.67. The van der Waals surface area contributed by atoms with Crippen molar-refractivity contribution in [3.63, 3.8) is 0 Å². The number of carbonyl (C=O) groups is 1. The quantitative estimate of drug-likeness (QED) is 0.859. The first-order chi connectivity index (χ1) is 9.81. The summed E-state index contributed by atoms with van der Waals surface area (Å²) >= 11 is 5.80. The molecule has 0 fully saturated rings. The minimum atomic E-state index is -3.80. The molecule has 21 heavy (non-hydrogen) atoms. The molecule has 0 aliphatic carbocycles. The topological polar surface area (TPSA) is 101 Å². The molecular formula is C12H12ClN3O4S. The third-order valence-corrected chi connectivity index (χ3v) is 4.67. The van der Waals surface area contributed by atoms with Gasteiger partial charge < -0.3 is 5.11 Å². The number of benzene rings is 1. The lowest BCUT2D eigenvalue weighted by Gasteiger charge is -2.07. The van der Waals surface area contributed by atoms with Crippen LogP contribution in [-0.2, 0) is 23.6 Å². The molecule has 0 saturated carbocycles. The van der Waals surface area contributed by atoms with Gasteiger partial charge in [-0.25, -0.2) is 17.9 Å². The van der Waals surface area contributed by atoms with E-state index in [0.717, 1.165) is 4.68 Å². The fourth-order valence-electron chi connectivity index (χ4n) is 1.71. The van der Waals surface area contributed by atoms with E-state index in [1.165, 1.54) is 37.5 Å². The number of aryl methyl sites for hydroxylation is 1. The van der Waals surface area contributed by atoms with Crippen LogP contribution in [0.15, 0.2) is 35.5 Å². The van der Waals surface area contributed by atoms with Crippen molar-refractivity contribution in [2.45, 2.75) is 11.6 Å². The van der Waals surface area contributed by atoms with E-state index >= 15 is 0 Å². The average Bonchev–Trinajstić information content (AvgIpc) is 2.77. The average molecular weight is 330 g/mol.